The number of likely N-dealkylation sites (N-methyl/N-ethyl adjacent to an activating group) is 1. The molecule has 0 saturated heterocycles. The van der Waals surface area contributed by atoms with Crippen molar-refractivity contribution >= 4 is 33.6 Å². The summed E-state index contributed by atoms with van der Waals surface area (Å²) in [6.07, 6.45) is 0. The molecule has 2 rings (SSSR count). The number of ether oxygens (including phenoxy) is 2. The van der Waals surface area contributed by atoms with Crippen molar-refractivity contribution in [1.29, 1.82) is 0 Å². The van der Waals surface area contributed by atoms with Gasteiger partial charge in [-0.1, -0.05) is 24.6 Å². The average Bonchev–Trinajstić information content (AvgIpc) is 2.76. The van der Waals surface area contributed by atoms with Gasteiger partial charge in [-0.3, -0.25) is 4.79 Å². The van der Waals surface area contributed by atoms with Crippen LogP contribution < -0.4 is 5.32 Å². The molecule has 0 aromatic heterocycles. The van der Waals surface area contributed by atoms with Crippen LogP contribution in [0.5, 0.6) is 0 Å². The molecule has 166 valence electrons. The number of aryl methyl sites for hydroxylation is 1. The van der Waals surface area contributed by atoms with Crippen LogP contribution in [-0.2, 0) is 24.3 Å². The number of hydrogen-bond acceptors (Lipinski definition) is 7. The molecule has 0 fully saturated rings. The Morgan fingerprint density at radius 2 is 1.45 bits per heavy atom. The summed E-state index contributed by atoms with van der Waals surface area (Å²) < 4.78 is 36.0. The number of nitrogens with one attached hydrogen (secondary N) is 1. The fraction of sp³-hybridized carbons (Fsp3) is 0.286. The summed E-state index contributed by atoms with van der Waals surface area (Å²) in [5.74, 6) is -2.06. The van der Waals surface area contributed by atoms with Crippen molar-refractivity contribution in [2.45, 2.75) is 18.7 Å². The third-order valence-corrected chi connectivity index (χ3v) is 6.33. The minimum Gasteiger partial charge on any atom is -0.465 e. The zero-order valence-corrected chi connectivity index (χ0v) is 18.5. The summed E-state index contributed by atoms with van der Waals surface area (Å²) in [7, 11) is -1.52. The van der Waals surface area contributed by atoms with E-state index in [0.29, 0.717) is 0 Å². The number of nitrogens with zero attached hydrogens (tertiary/aromatic N) is 1. The molecular formula is C21H24N2O7S. The molecule has 0 heterocycles. The fourth-order valence-electron chi connectivity index (χ4n) is 2.76. The first-order valence-corrected chi connectivity index (χ1v) is 10.7. The number of anilines is 1. The summed E-state index contributed by atoms with van der Waals surface area (Å²) in [5, 5.41) is 2.52. The van der Waals surface area contributed by atoms with Gasteiger partial charge in [-0.15, -0.1) is 0 Å². The SMILES string of the molecule is CCN(CC(=O)Nc1cc(C(=O)OC)cc(C(=O)OC)c1)S(=O)(=O)c1ccc(C)cc1. The lowest BCUT2D eigenvalue weighted by atomic mass is 10.1. The fourth-order valence-corrected chi connectivity index (χ4v) is 4.16. The van der Waals surface area contributed by atoms with E-state index < -0.39 is 34.4 Å². The molecule has 0 radical (unpaired) electrons. The summed E-state index contributed by atoms with van der Waals surface area (Å²) in [4.78, 5) is 36.4. The van der Waals surface area contributed by atoms with Crippen molar-refractivity contribution in [2.75, 3.05) is 32.6 Å². The third kappa shape index (κ3) is 5.89. The largest absolute Gasteiger partial charge is 0.465 e. The predicted molar refractivity (Wildman–Crippen MR) is 113 cm³/mol. The van der Waals surface area contributed by atoms with Crippen molar-refractivity contribution in [1.82, 2.24) is 4.31 Å². The average molecular weight is 448 g/mol. The van der Waals surface area contributed by atoms with Crippen molar-refractivity contribution < 1.29 is 32.3 Å². The van der Waals surface area contributed by atoms with Crippen LogP contribution in [0.25, 0.3) is 0 Å². The maximum absolute atomic E-state index is 12.9. The number of hydrogen-bond donors (Lipinski definition) is 1. The Morgan fingerprint density at radius 3 is 1.90 bits per heavy atom. The van der Waals surface area contributed by atoms with Gasteiger partial charge in [0, 0.05) is 12.2 Å². The first-order chi connectivity index (χ1) is 14.6. The molecule has 2 aromatic rings. The quantitative estimate of drug-likeness (QED) is 0.615. The van der Waals surface area contributed by atoms with Gasteiger partial charge < -0.3 is 14.8 Å². The van der Waals surface area contributed by atoms with Gasteiger partial charge in [-0.2, -0.15) is 4.31 Å². The van der Waals surface area contributed by atoms with Gasteiger partial charge in [0.25, 0.3) is 0 Å². The van der Waals surface area contributed by atoms with E-state index in [1.807, 2.05) is 6.92 Å². The molecule has 0 aliphatic rings. The summed E-state index contributed by atoms with van der Waals surface area (Å²) >= 11 is 0. The van der Waals surface area contributed by atoms with Gasteiger partial charge in [-0.05, 0) is 37.3 Å². The zero-order valence-electron chi connectivity index (χ0n) is 17.7. The number of benzene rings is 2. The first-order valence-electron chi connectivity index (χ1n) is 9.30. The van der Waals surface area contributed by atoms with E-state index in [-0.39, 0.29) is 28.3 Å². The highest BCUT2D eigenvalue weighted by Crippen LogP contribution is 2.19. The maximum Gasteiger partial charge on any atom is 0.337 e. The number of amides is 1. The molecule has 31 heavy (non-hydrogen) atoms. The van der Waals surface area contributed by atoms with Gasteiger partial charge in [0.2, 0.25) is 15.9 Å². The lowest BCUT2D eigenvalue weighted by molar-refractivity contribution is -0.116. The number of esters is 2. The van der Waals surface area contributed by atoms with Crippen molar-refractivity contribution in [3.63, 3.8) is 0 Å². The van der Waals surface area contributed by atoms with E-state index in [0.717, 1.165) is 9.87 Å². The van der Waals surface area contributed by atoms with Crippen molar-refractivity contribution in [2.24, 2.45) is 0 Å². The second-order valence-electron chi connectivity index (χ2n) is 6.57. The predicted octanol–water partition coefficient (Wildman–Crippen LogP) is 2.22. The smallest absolute Gasteiger partial charge is 0.337 e. The van der Waals surface area contributed by atoms with Crippen LogP contribution in [0.2, 0.25) is 0 Å². The van der Waals surface area contributed by atoms with Crippen LogP contribution in [0.1, 0.15) is 33.2 Å². The molecule has 10 heteroatoms. The van der Waals surface area contributed by atoms with Gasteiger partial charge in [0.15, 0.2) is 0 Å². The second kappa shape index (κ2) is 10.2. The Morgan fingerprint density at radius 1 is 0.935 bits per heavy atom. The number of carbonyl (C=O) groups excluding carboxylic acids is 3. The van der Waals surface area contributed by atoms with Crippen molar-refractivity contribution in [3.8, 4) is 0 Å². The van der Waals surface area contributed by atoms with E-state index in [4.69, 9.17) is 0 Å². The molecule has 2 aromatic carbocycles. The van der Waals surface area contributed by atoms with E-state index in [1.54, 1.807) is 19.1 Å². The van der Waals surface area contributed by atoms with Crippen LogP contribution in [0.4, 0.5) is 5.69 Å². The lowest BCUT2D eigenvalue weighted by Gasteiger charge is -2.20. The Bertz CT molecular complexity index is 1050. The minimum absolute atomic E-state index is 0.0281. The molecule has 1 N–H and O–H groups in total. The highest BCUT2D eigenvalue weighted by atomic mass is 32.2. The highest BCUT2D eigenvalue weighted by molar-refractivity contribution is 7.89. The highest BCUT2D eigenvalue weighted by Gasteiger charge is 2.25. The van der Waals surface area contributed by atoms with Crippen LogP contribution in [0, 0.1) is 6.92 Å². The summed E-state index contributed by atoms with van der Waals surface area (Å²) in [6.45, 7) is 3.07. The Balaban J connectivity index is 2.26. The van der Waals surface area contributed by atoms with Crippen LogP contribution in [0.15, 0.2) is 47.4 Å². The molecule has 0 aliphatic carbocycles. The van der Waals surface area contributed by atoms with Crippen LogP contribution in [0.3, 0.4) is 0 Å². The maximum atomic E-state index is 12.9. The van der Waals surface area contributed by atoms with Gasteiger partial charge in [-0.25, -0.2) is 18.0 Å². The Labute approximate surface area is 181 Å². The topological polar surface area (TPSA) is 119 Å². The number of carbonyl (C=O) groups is 3. The minimum atomic E-state index is -3.88. The van der Waals surface area contributed by atoms with E-state index in [9.17, 15) is 22.8 Å². The Kier molecular flexibility index (Phi) is 7.89. The Hall–Kier alpha value is -3.24. The molecule has 0 bridgehead atoms. The molecule has 1 amide bonds. The lowest BCUT2D eigenvalue weighted by Crippen LogP contribution is -2.37. The van der Waals surface area contributed by atoms with Crippen LogP contribution in [-0.4, -0.2) is 57.9 Å². The van der Waals surface area contributed by atoms with Gasteiger partial charge >= 0.3 is 11.9 Å². The normalized spacial score (nSPS) is 11.1. The molecule has 0 spiro atoms. The standard InChI is InChI=1S/C21H24N2O7S/c1-5-23(31(27,28)18-8-6-14(2)7-9-18)13-19(24)22-17-11-15(20(25)29-3)10-16(12-17)21(26)30-4/h6-12H,5,13H2,1-4H3,(H,22,24). The second-order valence-corrected chi connectivity index (χ2v) is 8.51. The third-order valence-electron chi connectivity index (χ3n) is 4.39. The molecule has 0 unspecified atom stereocenters. The summed E-state index contributed by atoms with van der Waals surface area (Å²) in [6, 6.07) is 10.2. The summed E-state index contributed by atoms with van der Waals surface area (Å²) in [5.41, 5.74) is 1.09. The zero-order chi connectivity index (χ0) is 23.2. The van der Waals surface area contributed by atoms with E-state index in [2.05, 4.69) is 14.8 Å². The monoisotopic (exact) mass is 448 g/mol. The van der Waals surface area contributed by atoms with Crippen LogP contribution >= 0.6 is 0 Å². The molecule has 9 nitrogen and oxygen atoms in total. The molecule has 0 aliphatic heterocycles. The number of rotatable bonds is 8. The number of methoxy groups -OCH3 is 2. The van der Waals surface area contributed by atoms with Gasteiger partial charge in [0.1, 0.15) is 0 Å². The first kappa shape index (κ1) is 24.0. The number of sulfonamides is 1. The van der Waals surface area contributed by atoms with Gasteiger partial charge in [0.05, 0.1) is 36.8 Å². The van der Waals surface area contributed by atoms with E-state index >= 15 is 0 Å². The molecule has 0 atom stereocenters. The van der Waals surface area contributed by atoms with Crippen molar-refractivity contribution in [3.05, 3.63) is 59.2 Å². The van der Waals surface area contributed by atoms with E-state index in [1.165, 1.54) is 44.6 Å². The molecule has 0 saturated carbocycles. The molecular weight excluding hydrogens is 424 g/mol.